The molecule has 0 spiro atoms. The van der Waals surface area contributed by atoms with Crippen molar-refractivity contribution >= 4 is 21.5 Å². The molecule has 0 amide bonds. The van der Waals surface area contributed by atoms with E-state index in [9.17, 15) is 0 Å². The van der Waals surface area contributed by atoms with Gasteiger partial charge in [-0.05, 0) is 33.0 Å². The lowest BCUT2D eigenvalue weighted by molar-refractivity contribution is 0.651. The minimum atomic E-state index is -0.147. The van der Waals surface area contributed by atoms with Crippen molar-refractivity contribution in [2.45, 2.75) is 0 Å². The quantitative estimate of drug-likeness (QED) is 0.290. The molecule has 0 heterocycles. The van der Waals surface area contributed by atoms with Gasteiger partial charge in [-0.25, -0.2) is 4.39 Å². The van der Waals surface area contributed by atoms with Crippen LogP contribution in [-0.4, -0.2) is 0 Å². The molecule has 0 radical (unpaired) electrons. The molecule has 128 valence electrons. The standard InChI is InChI=1S/C26H17F/c27-26-23-12-6-4-10-21(23)25(22-11-5-7-13-24(22)26)20-16-14-19(15-17-20)18-8-2-1-3-9-18/h1-17H. The summed E-state index contributed by atoms with van der Waals surface area (Å²) < 4.78 is 15.0. The third-order valence-corrected chi connectivity index (χ3v) is 5.15. The van der Waals surface area contributed by atoms with E-state index >= 15 is 4.39 Å². The Labute approximate surface area is 157 Å². The highest BCUT2D eigenvalue weighted by atomic mass is 19.1. The summed E-state index contributed by atoms with van der Waals surface area (Å²) in [5, 5.41) is 3.22. The van der Waals surface area contributed by atoms with Crippen molar-refractivity contribution in [2.24, 2.45) is 0 Å². The summed E-state index contributed by atoms with van der Waals surface area (Å²) >= 11 is 0. The molecule has 5 aromatic rings. The zero-order chi connectivity index (χ0) is 18.2. The van der Waals surface area contributed by atoms with Crippen molar-refractivity contribution in [3.8, 4) is 22.3 Å². The lowest BCUT2D eigenvalue weighted by Gasteiger charge is -2.14. The van der Waals surface area contributed by atoms with Gasteiger partial charge >= 0.3 is 0 Å². The Hall–Kier alpha value is -3.45. The second-order valence-electron chi connectivity index (χ2n) is 6.72. The maximum absolute atomic E-state index is 15.0. The number of hydrogen-bond donors (Lipinski definition) is 0. The van der Waals surface area contributed by atoms with Crippen LogP contribution in [0.3, 0.4) is 0 Å². The number of halogens is 1. The Morgan fingerprint density at radius 3 is 1.33 bits per heavy atom. The third-order valence-electron chi connectivity index (χ3n) is 5.15. The molecule has 0 saturated heterocycles. The molecule has 0 N–H and O–H groups in total. The molecule has 0 fully saturated rings. The highest BCUT2D eigenvalue weighted by Crippen LogP contribution is 2.38. The van der Waals surface area contributed by atoms with E-state index in [2.05, 4.69) is 36.4 Å². The first-order valence-electron chi connectivity index (χ1n) is 9.08. The summed E-state index contributed by atoms with van der Waals surface area (Å²) in [5.41, 5.74) is 4.55. The van der Waals surface area contributed by atoms with E-state index in [1.54, 1.807) is 0 Å². The van der Waals surface area contributed by atoms with Gasteiger partial charge in [0.2, 0.25) is 0 Å². The van der Waals surface area contributed by atoms with Crippen LogP contribution in [-0.2, 0) is 0 Å². The SMILES string of the molecule is Fc1c2ccccc2c(-c2ccc(-c3ccccc3)cc2)c2ccccc12. The van der Waals surface area contributed by atoms with Crippen molar-refractivity contribution < 1.29 is 4.39 Å². The molecule has 0 bridgehead atoms. The molecule has 0 atom stereocenters. The monoisotopic (exact) mass is 348 g/mol. The van der Waals surface area contributed by atoms with Crippen LogP contribution in [0.15, 0.2) is 103 Å². The van der Waals surface area contributed by atoms with E-state index in [1.165, 1.54) is 11.1 Å². The third kappa shape index (κ3) is 2.60. The molecular formula is C26H17F. The zero-order valence-electron chi connectivity index (χ0n) is 14.7. The highest BCUT2D eigenvalue weighted by Gasteiger charge is 2.14. The van der Waals surface area contributed by atoms with E-state index < -0.39 is 0 Å². The first-order chi connectivity index (χ1) is 13.3. The molecule has 0 nitrogen and oxygen atoms in total. The number of benzene rings is 5. The lowest BCUT2D eigenvalue weighted by atomic mass is 9.91. The number of hydrogen-bond acceptors (Lipinski definition) is 0. The molecule has 0 aliphatic carbocycles. The van der Waals surface area contributed by atoms with Gasteiger partial charge in [0.05, 0.1) is 0 Å². The normalized spacial score (nSPS) is 11.1. The van der Waals surface area contributed by atoms with Crippen molar-refractivity contribution in [1.82, 2.24) is 0 Å². The van der Waals surface area contributed by atoms with Crippen LogP contribution < -0.4 is 0 Å². The Morgan fingerprint density at radius 2 is 0.778 bits per heavy atom. The number of fused-ring (bicyclic) bond motifs is 2. The van der Waals surface area contributed by atoms with Gasteiger partial charge in [0, 0.05) is 10.8 Å². The first kappa shape index (κ1) is 15.8. The average molecular weight is 348 g/mol. The predicted molar refractivity (Wildman–Crippen MR) is 112 cm³/mol. The van der Waals surface area contributed by atoms with E-state index in [-0.39, 0.29) is 5.82 Å². The predicted octanol–water partition coefficient (Wildman–Crippen LogP) is 7.47. The Kier molecular flexibility index (Phi) is 3.72. The highest BCUT2D eigenvalue weighted by molar-refractivity contribution is 6.13. The Morgan fingerprint density at radius 1 is 0.370 bits per heavy atom. The maximum atomic E-state index is 15.0. The second kappa shape index (κ2) is 6.37. The second-order valence-corrected chi connectivity index (χ2v) is 6.72. The van der Waals surface area contributed by atoms with Gasteiger partial charge < -0.3 is 0 Å². The average Bonchev–Trinajstić information content (AvgIpc) is 2.75. The summed E-state index contributed by atoms with van der Waals surface area (Å²) in [6.45, 7) is 0. The van der Waals surface area contributed by atoms with E-state index in [0.29, 0.717) is 10.8 Å². The van der Waals surface area contributed by atoms with Crippen LogP contribution in [0.5, 0.6) is 0 Å². The minimum Gasteiger partial charge on any atom is -0.206 e. The molecule has 0 aliphatic rings. The topological polar surface area (TPSA) is 0 Å². The van der Waals surface area contributed by atoms with E-state index in [0.717, 1.165) is 21.9 Å². The van der Waals surface area contributed by atoms with Crippen LogP contribution >= 0.6 is 0 Å². The van der Waals surface area contributed by atoms with Crippen LogP contribution in [0.25, 0.3) is 43.8 Å². The number of rotatable bonds is 2. The van der Waals surface area contributed by atoms with Crippen LogP contribution in [0, 0.1) is 5.82 Å². The molecule has 0 unspecified atom stereocenters. The molecular weight excluding hydrogens is 331 g/mol. The summed E-state index contributed by atoms with van der Waals surface area (Å²) in [4.78, 5) is 0. The molecule has 1 heteroatoms. The maximum Gasteiger partial charge on any atom is 0.138 e. The van der Waals surface area contributed by atoms with Gasteiger partial charge in [0.15, 0.2) is 0 Å². The molecule has 0 aliphatic heterocycles. The van der Waals surface area contributed by atoms with Gasteiger partial charge in [-0.1, -0.05) is 103 Å². The first-order valence-corrected chi connectivity index (χ1v) is 9.08. The van der Waals surface area contributed by atoms with Gasteiger partial charge in [0.1, 0.15) is 5.82 Å². The fourth-order valence-electron chi connectivity index (χ4n) is 3.85. The Balaban J connectivity index is 1.78. The van der Waals surface area contributed by atoms with Gasteiger partial charge in [0.25, 0.3) is 0 Å². The van der Waals surface area contributed by atoms with Gasteiger partial charge in [-0.15, -0.1) is 0 Å². The van der Waals surface area contributed by atoms with Crippen LogP contribution in [0.2, 0.25) is 0 Å². The van der Waals surface area contributed by atoms with Crippen LogP contribution in [0.4, 0.5) is 4.39 Å². The summed E-state index contributed by atoms with van der Waals surface area (Å²) in [6.07, 6.45) is 0. The van der Waals surface area contributed by atoms with Crippen molar-refractivity contribution in [3.63, 3.8) is 0 Å². The molecule has 5 rings (SSSR count). The Bertz CT molecular complexity index is 1200. The van der Waals surface area contributed by atoms with Gasteiger partial charge in [-0.3, -0.25) is 0 Å². The van der Waals surface area contributed by atoms with Crippen LogP contribution in [0.1, 0.15) is 0 Å². The van der Waals surface area contributed by atoms with Gasteiger partial charge in [-0.2, -0.15) is 0 Å². The summed E-state index contributed by atoms with van der Waals surface area (Å²) in [7, 11) is 0. The van der Waals surface area contributed by atoms with Crippen molar-refractivity contribution in [3.05, 3.63) is 109 Å². The largest absolute Gasteiger partial charge is 0.206 e. The fourth-order valence-corrected chi connectivity index (χ4v) is 3.85. The molecule has 0 aromatic heterocycles. The minimum absolute atomic E-state index is 0.147. The van der Waals surface area contributed by atoms with Crippen molar-refractivity contribution in [2.75, 3.05) is 0 Å². The zero-order valence-corrected chi connectivity index (χ0v) is 14.7. The lowest BCUT2D eigenvalue weighted by Crippen LogP contribution is -1.90. The summed E-state index contributed by atoms with van der Waals surface area (Å²) in [6, 6.07) is 34.3. The summed E-state index contributed by atoms with van der Waals surface area (Å²) in [5.74, 6) is -0.147. The molecule has 27 heavy (non-hydrogen) atoms. The van der Waals surface area contributed by atoms with E-state index in [4.69, 9.17) is 0 Å². The molecule has 0 saturated carbocycles. The smallest absolute Gasteiger partial charge is 0.138 e. The van der Waals surface area contributed by atoms with E-state index in [1.807, 2.05) is 66.7 Å². The molecule has 5 aromatic carbocycles. The fraction of sp³-hybridized carbons (Fsp3) is 0. The van der Waals surface area contributed by atoms with Crippen molar-refractivity contribution in [1.29, 1.82) is 0 Å².